The third-order valence-electron chi connectivity index (χ3n) is 1.93. The second-order valence-corrected chi connectivity index (χ2v) is 4.55. The van der Waals surface area contributed by atoms with Gasteiger partial charge in [0.05, 0.1) is 6.54 Å². The van der Waals surface area contributed by atoms with Gasteiger partial charge in [-0.1, -0.05) is 20.1 Å². The van der Waals surface area contributed by atoms with Crippen molar-refractivity contribution < 1.29 is 4.79 Å². The molecular weight excluding hydrogens is 181 g/mol. The largest absolute Gasteiger partial charge is 0.299 e. The molecule has 0 unspecified atom stereocenters. The SMILES string of the molecule is C=PCCCN(C)CC(=O)C(C)C. The van der Waals surface area contributed by atoms with Gasteiger partial charge in [0, 0.05) is 5.92 Å². The van der Waals surface area contributed by atoms with Crippen molar-refractivity contribution in [2.45, 2.75) is 20.3 Å². The van der Waals surface area contributed by atoms with Crippen molar-refractivity contribution >= 4 is 20.3 Å². The molecule has 0 saturated carbocycles. The van der Waals surface area contributed by atoms with Crippen LogP contribution in [0.1, 0.15) is 20.3 Å². The Labute approximate surface area is 83.1 Å². The molecule has 0 amide bonds. The molecule has 0 aliphatic carbocycles. The van der Waals surface area contributed by atoms with Crippen molar-refractivity contribution in [1.29, 1.82) is 0 Å². The highest BCUT2D eigenvalue weighted by atomic mass is 31.1. The molecule has 0 spiro atoms. The lowest BCUT2D eigenvalue weighted by molar-refractivity contribution is -0.122. The molecule has 2 nitrogen and oxygen atoms in total. The molecule has 13 heavy (non-hydrogen) atoms. The molecular formula is C10H20NOP. The highest BCUT2D eigenvalue weighted by Crippen LogP contribution is 1.99. The van der Waals surface area contributed by atoms with Crippen LogP contribution in [-0.2, 0) is 4.79 Å². The zero-order chi connectivity index (χ0) is 10.3. The third-order valence-corrected chi connectivity index (χ3v) is 2.56. The van der Waals surface area contributed by atoms with Gasteiger partial charge in [0.2, 0.25) is 0 Å². The van der Waals surface area contributed by atoms with Crippen LogP contribution in [0.4, 0.5) is 0 Å². The number of carbonyl (C=O) groups excluding carboxylic acids is 1. The van der Waals surface area contributed by atoms with E-state index in [2.05, 4.69) is 11.2 Å². The van der Waals surface area contributed by atoms with Gasteiger partial charge >= 0.3 is 0 Å². The molecule has 0 aliphatic rings. The highest BCUT2D eigenvalue weighted by molar-refractivity contribution is 7.36. The predicted molar refractivity (Wildman–Crippen MR) is 60.9 cm³/mol. The van der Waals surface area contributed by atoms with Crippen LogP contribution in [-0.4, -0.2) is 43.3 Å². The first kappa shape index (κ1) is 12.8. The van der Waals surface area contributed by atoms with E-state index in [0.717, 1.165) is 19.1 Å². The Hall–Kier alpha value is -0.200. The van der Waals surface area contributed by atoms with Crippen LogP contribution < -0.4 is 0 Å². The number of Topliss-reactive ketones (excluding diaryl/α,β-unsaturated/α-hetero) is 1. The number of hydrogen-bond donors (Lipinski definition) is 0. The molecule has 0 bridgehead atoms. The summed E-state index contributed by atoms with van der Waals surface area (Å²) in [5.74, 6) is 0.489. The molecule has 0 aromatic rings. The fourth-order valence-corrected chi connectivity index (χ4v) is 1.35. The van der Waals surface area contributed by atoms with Gasteiger partial charge < -0.3 is 0 Å². The van der Waals surface area contributed by atoms with Crippen LogP contribution in [0, 0.1) is 5.92 Å². The van der Waals surface area contributed by atoms with Crippen LogP contribution in [0.25, 0.3) is 0 Å². The van der Waals surface area contributed by atoms with E-state index in [-0.39, 0.29) is 5.92 Å². The number of rotatable bonds is 7. The van der Waals surface area contributed by atoms with Crippen LogP contribution in [0.15, 0.2) is 0 Å². The molecule has 76 valence electrons. The molecule has 0 atom stereocenters. The second-order valence-electron chi connectivity index (χ2n) is 3.66. The van der Waals surface area contributed by atoms with Crippen LogP contribution in [0.3, 0.4) is 0 Å². The van der Waals surface area contributed by atoms with Crippen LogP contribution in [0.5, 0.6) is 0 Å². The summed E-state index contributed by atoms with van der Waals surface area (Å²) in [6.07, 6.45) is 6.02. The van der Waals surface area contributed by atoms with Gasteiger partial charge in [0.1, 0.15) is 5.78 Å². The monoisotopic (exact) mass is 201 g/mol. The minimum atomic E-state index is 0.161. The van der Waals surface area contributed by atoms with Gasteiger partial charge in [0.25, 0.3) is 0 Å². The van der Waals surface area contributed by atoms with Gasteiger partial charge in [-0.05, 0) is 26.2 Å². The fraction of sp³-hybridized carbons (Fsp3) is 0.800. The Morgan fingerprint density at radius 1 is 1.54 bits per heavy atom. The molecule has 0 radical (unpaired) electrons. The van der Waals surface area contributed by atoms with E-state index < -0.39 is 0 Å². The van der Waals surface area contributed by atoms with Crippen LogP contribution >= 0.6 is 8.20 Å². The van der Waals surface area contributed by atoms with E-state index >= 15 is 0 Å². The second kappa shape index (κ2) is 7.23. The van der Waals surface area contributed by atoms with E-state index in [9.17, 15) is 4.79 Å². The third kappa shape index (κ3) is 6.92. The zero-order valence-electron chi connectivity index (χ0n) is 8.92. The zero-order valence-corrected chi connectivity index (χ0v) is 9.81. The smallest absolute Gasteiger partial charge is 0.149 e. The maximum Gasteiger partial charge on any atom is 0.149 e. The standard InChI is InChI=1S/C10H20NOP/c1-9(2)10(12)8-11(3)6-5-7-13-4/h9H,4-8H2,1-3H3. The molecule has 0 heterocycles. The van der Waals surface area contributed by atoms with E-state index in [1.165, 1.54) is 8.20 Å². The van der Waals surface area contributed by atoms with Crippen molar-refractivity contribution in [3.63, 3.8) is 0 Å². The average molecular weight is 201 g/mol. The van der Waals surface area contributed by atoms with E-state index in [4.69, 9.17) is 0 Å². The molecule has 0 aromatic heterocycles. The van der Waals surface area contributed by atoms with E-state index in [1.807, 2.05) is 20.9 Å². The first-order valence-corrected chi connectivity index (χ1v) is 5.98. The summed E-state index contributed by atoms with van der Waals surface area (Å²) in [7, 11) is 3.20. The summed E-state index contributed by atoms with van der Waals surface area (Å²) < 4.78 is 0. The summed E-state index contributed by atoms with van der Waals surface area (Å²) in [4.78, 5) is 13.4. The van der Waals surface area contributed by atoms with Gasteiger partial charge in [0.15, 0.2) is 0 Å². The normalized spacial score (nSPS) is 11.5. The Kier molecular flexibility index (Phi) is 7.12. The topological polar surface area (TPSA) is 20.3 Å². The van der Waals surface area contributed by atoms with Crippen LogP contribution in [0.2, 0.25) is 0 Å². The fourth-order valence-electron chi connectivity index (χ4n) is 0.980. The highest BCUT2D eigenvalue weighted by Gasteiger charge is 2.09. The van der Waals surface area contributed by atoms with E-state index in [1.54, 1.807) is 0 Å². The first-order chi connectivity index (χ1) is 6.07. The lowest BCUT2D eigenvalue weighted by Crippen LogP contribution is -2.29. The minimum absolute atomic E-state index is 0.161. The maximum atomic E-state index is 11.3. The Morgan fingerprint density at radius 2 is 2.15 bits per heavy atom. The average Bonchev–Trinajstić information content (AvgIpc) is 2.04. The van der Waals surface area contributed by atoms with Crippen molar-refractivity contribution in [2.75, 3.05) is 26.3 Å². The number of hydrogen-bond acceptors (Lipinski definition) is 2. The molecule has 0 fully saturated rings. The first-order valence-electron chi connectivity index (χ1n) is 4.71. The van der Waals surface area contributed by atoms with E-state index in [0.29, 0.717) is 12.3 Å². The predicted octanol–water partition coefficient (Wildman–Crippen LogP) is 1.91. The number of likely N-dealkylation sites (N-methyl/N-ethyl adjacent to an activating group) is 1. The maximum absolute atomic E-state index is 11.3. The van der Waals surface area contributed by atoms with Crippen molar-refractivity contribution in [3.05, 3.63) is 0 Å². The van der Waals surface area contributed by atoms with Gasteiger partial charge in [-0.15, -0.1) is 8.20 Å². The lowest BCUT2D eigenvalue weighted by Gasteiger charge is -2.16. The molecule has 3 heteroatoms. The molecule has 0 rings (SSSR count). The lowest BCUT2D eigenvalue weighted by atomic mass is 10.1. The number of carbonyl (C=O) groups is 1. The summed E-state index contributed by atoms with van der Waals surface area (Å²) in [5, 5.41) is 0. The quantitative estimate of drug-likeness (QED) is 0.463. The molecule has 0 N–H and O–H groups in total. The number of nitrogens with zero attached hydrogens (tertiary/aromatic N) is 1. The Bertz CT molecular complexity index is 168. The molecule has 0 aromatic carbocycles. The van der Waals surface area contributed by atoms with Crippen molar-refractivity contribution in [1.82, 2.24) is 4.90 Å². The summed E-state index contributed by atoms with van der Waals surface area (Å²) in [5.41, 5.74) is 0. The number of ketones is 1. The van der Waals surface area contributed by atoms with Gasteiger partial charge in [-0.25, -0.2) is 0 Å². The van der Waals surface area contributed by atoms with Crippen molar-refractivity contribution in [2.24, 2.45) is 5.92 Å². The Balaban J connectivity index is 3.55. The van der Waals surface area contributed by atoms with Gasteiger partial charge in [-0.2, -0.15) is 0 Å². The molecule has 0 saturated heterocycles. The molecule has 0 aliphatic heterocycles. The summed E-state index contributed by atoms with van der Waals surface area (Å²) in [6.45, 7) is 5.49. The van der Waals surface area contributed by atoms with Crippen molar-refractivity contribution in [3.8, 4) is 0 Å². The minimum Gasteiger partial charge on any atom is -0.299 e. The van der Waals surface area contributed by atoms with Gasteiger partial charge in [-0.3, -0.25) is 9.69 Å². The Morgan fingerprint density at radius 3 is 2.62 bits per heavy atom. The summed E-state index contributed by atoms with van der Waals surface area (Å²) >= 11 is 0. The summed E-state index contributed by atoms with van der Waals surface area (Å²) in [6, 6.07) is 0.